The standard InChI is InChI=1S/C16H22N4O2S/c1-19-16(7-8-18-19)15-6-5-13(11-17-15)10-14-4-3-9-20(12-14)23(2,21)22/h5-8,11,14H,3-4,9-10,12H2,1-2H3. The molecule has 7 heteroatoms. The molecule has 1 aliphatic heterocycles. The van der Waals surface area contributed by atoms with Gasteiger partial charge in [0.15, 0.2) is 0 Å². The molecule has 0 saturated carbocycles. The van der Waals surface area contributed by atoms with Crippen LogP contribution >= 0.6 is 0 Å². The summed E-state index contributed by atoms with van der Waals surface area (Å²) in [7, 11) is -1.19. The zero-order valence-corrected chi connectivity index (χ0v) is 14.3. The second kappa shape index (κ2) is 6.41. The van der Waals surface area contributed by atoms with Crippen LogP contribution in [0, 0.1) is 5.92 Å². The summed E-state index contributed by atoms with van der Waals surface area (Å²) in [6.07, 6.45) is 7.80. The van der Waals surface area contributed by atoms with E-state index in [9.17, 15) is 8.42 Å². The fourth-order valence-electron chi connectivity index (χ4n) is 3.15. The largest absolute Gasteiger partial charge is 0.266 e. The van der Waals surface area contributed by atoms with E-state index in [1.165, 1.54) is 6.26 Å². The molecule has 1 unspecified atom stereocenters. The fraction of sp³-hybridized carbons (Fsp3) is 0.500. The van der Waals surface area contributed by atoms with Gasteiger partial charge in [0.2, 0.25) is 10.0 Å². The molecule has 2 aromatic rings. The minimum absolute atomic E-state index is 0.364. The smallest absolute Gasteiger partial charge is 0.211 e. The van der Waals surface area contributed by atoms with Crippen LogP contribution in [0.15, 0.2) is 30.6 Å². The SMILES string of the molecule is Cn1nccc1-c1ccc(CC2CCCN(S(C)(=O)=O)C2)cn1. The van der Waals surface area contributed by atoms with E-state index in [1.807, 2.05) is 25.4 Å². The lowest BCUT2D eigenvalue weighted by Gasteiger charge is -2.30. The van der Waals surface area contributed by atoms with Crippen molar-refractivity contribution in [2.45, 2.75) is 19.3 Å². The van der Waals surface area contributed by atoms with Gasteiger partial charge in [-0.15, -0.1) is 0 Å². The molecule has 0 aliphatic carbocycles. The summed E-state index contributed by atoms with van der Waals surface area (Å²) < 4.78 is 26.8. The van der Waals surface area contributed by atoms with E-state index in [0.717, 1.165) is 36.2 Å². The molecule has 0 spiro atoms. The fourth-order valence-corrected chi connectivity index (χ4v) is 4.09. The molecule has 6 nitrogen and oxygen atoms in total. The first-order valence-corrected chi connectivity index (χ1v) is 9.67. The highest BCUT2D eigenvalue weighted by Crippen LogP contribution is 2.23. The molecule has 0 aromatic carbocycles. The van der Waals surface area contributed by atoms with E-state index in [0.29, 0.717) is 19.0 Å². The predicted molar refractivity (Wildman–Crippen MR) is 89.3 cm³/mol. The Bertz CT molecular complexity index is 768. The normalized spacial score (nSPS) is 19.8. The molecule has 3 rings (SSSR count). The van der Waals surface area contributed by atoms with Crippen LogP contribution in [0.5, 0.6) is 0 Å². The molecule has 1 saturated heterocycles. The van der Waals surface area contributed by atoms with Gasteiger partial charge in [-0.05, 0) is 42.9 Å². The van der Waals surface area contributed by atoms with E-state index >= 15 is 0 Å². The Balaban J connectivity index is 1.68. The van der Waals surface area contributed by atoms with Gasteiger partial charge in [0, 0.05) is 32.5 Å². The van der Waals surface area contributed by atoms with E-state index in [1.54, 1.807) is 15.2 Å². The first-order valence-electron chi connectivity index (χ1n) is 7.82. The van der Waals surface area contributed by atoms with Crippen LogP contribution in [0.3, 0.4) is 0 Å². The van der Waals surface area contributed by atoms with Crippen LogP contribution in [-0.2, 0) is 23.5 Å². The zero-order valence-electron chi connectivity index (χ0n) is 13.5. The van der Waals surface area contributed by atoms with Gasteiger partial charge in [0.1, 0.15) is 0 Å². The van der Waals surface area contributed by atoms with Crippen LogP contribution < -0.4 is 0 Å². The molecule has 124 valence electrons. The van der Waals surface area contributed by atoms with Gasteiger partial charge in [0.05, 0.1) is 17.6 Å². The van der Waals surface area contributed by atoms with Crippen molar-refractivity contribution < 1.29 is 8.42 Å². The Hall–Kier alpha value is -1.73. The number of rotatable bonds is 4. The number of sulfonamides is 1. The van der Waals surface area contributed by atoms with Crippen molar-refractivity contribution in [3.8, 4) is 11.4 Å². The van der Waals surface area contributed by atoms with Crippen molar-refractivity contribution in [3.05, 3.63) is 36.2 Å². The maximum atomic E-state index is 11.7. The maximum absolute atomic E-state index is 11.7. The number of nitrogens with zero attached hydrogens (tertiary/aromatic N) is 4. The van der Waals surface area contributed by atoms with E-state index in [2.05, 4.69) is 16.1 Å². The van der Waals surface area contributed by atoms with Crippen LogP contribution in [0.4, 0.5) is 0 Å². The van der Waals surface area contributed by atoms with Gasteiger partial charge in [-0.2, -0.15) is 5.10 Å². The number of piperidine rings is 1. The third-order valence-electron chi connectivity index (χ3n) is 4.38. The molecule has 0 bridgehead atoms. The molecule has 0 radical (unpaired) electrons. The average molecular weight is 334 g/mol. The van der Waals surface area contributed by atoms with Crippen molar-refractivity contribution in [1.29, 1.82) is 0 Å². The van der Waals surface area contributed by atoms with Gasteiger partial charge < -0.3 is 0 Å². The molecule has 1 atom stereocenters. The van der Waals surface area contributed by atoms with Crippen LogP contribution in [0.1, 0.15) is 18.4 Å². The van der Waals surface area contributed by atoms with Crippen molar-refractivity contribution in [2.75, 3.05) is 19.3 Å². The minimum atomic E-state index is -3.08. The number of aryl methyl sites for hydroxylation is 1. The second-order valence-corrected chi connectivity index (χ2v) is 8.21. The topological polar surface area (TPSA) is 68.1 Å². The lowest BCUT2D eigenvalue weighted by molar-refractivity contribution is 0.266. The summed E-state index contributed by atoms with van der Waals surface area (Å²) in [6, 6.07) is 6.02. The lowest BCUT2D eigenvalue weighted by atomic mass is 9.93. The molecule has 0 amide bonds. The lowest BCUT2D eigenvalue weighted by Crippen LogP contribution is -2.39. The van der Waals surface area contributed by atoms with E-state index in [-0.39, 0.29) is 0 Å². The van der Waals surface area contributed by atoms with Gasteiger partial charge >= 0.3 is 0 Å². The summed E-state index contributed by atoms with van der Waals surface area (Å²) in [5.41, 5.74) is 3.03. The molecule has 23 heavy (non-hydrogen) atoms. The Morgan fingerprint density at radius 2 is 2.13 bits per heavy atom. The Morgan fingerprint density at radius 3 is 2.74 bits per heavy atom. The third kappa shape index (κ3) is 3.79. The average Bonchev–Trinajstić information content (AvgIpc) is 2.94. The first kappa shape index (κ1) is 16.1. The van der Waals surface area contributed by atoms with Gasteiger partial charge in [0.25, 0.3) is 0 Å². The molecule has 0 N–H and O–H groups in total. The van der Waals surface area contributed by atoms with Crippen LogP contribution in [0.2, 0.25) is 0 Å². The summed E-state index contributed by atoms with van der Waals surface area (Å²) in [5, 5.41) is 4.15. The second-order valence-electron chi connectivity index (χ2n) is 6.23. The zero-order chi connectivity index (χ0) is 16.4. The molecule has 2 aromatic heterocycles. The highest BCUT2D eigenvalue weighted by Gasteiger charge is 2.25. The van der Waals surface area contributed by atoms with Crippen molar-refractivity contribution in [3.63, 3.8) is 0 Å². The van der Waals surface area contributed by atoms with Gasteiger partial charge in [-0.1, -0.05) is 6.07 Å². The van der Waals surface area contributed by atoms with E-state index in [4.69, 9.17) is 0 Å². The first-order chi connectivity index (χ1) is 10.9. The molecule has 3 heterocycles. The summed E-state index contributed by atoms with van der Waals surface area (Å²) in [4.78, 5) is 4.52. The van der Waals surface area contributed by atoms with Crippen LogP contribution in [-0.4, -0.2) is 46.8 Å². The van der Waals surface area contributed by atoms with Crippen LogP contribution in [0.25, 0.3) is 11.4 Å². The van der Waals surface area contributed by atoms with Gasteiger partial charge in [-0.3, -0.25) is 9.67 Å². The quantitative estimate of drug-likeness (QED) is 0.853. The monoisotopic (exact) mass is 334 g/mol. The Morgan fingerprint density at radius 1 is 1.30 bits per heavy atom. The summed E-state index contributed by atoms with van der Waals surface area (Å²) in [5.74, 6) is 0.364. The predicted octanol–water partition coefficient (Wildman–Crippen LogP) is 1.70. The minimum Gasteiger partial charge on any atom is -0.266 e. The van der Waals surface area contributed by atoms with Crippen molar-refractivity contribution >= 4 is 10.0 Å². The highest BCUT2D eigenvalue weighted by atomic mass is 32.2. The van der Waals surface area contributed by atoms with Crippen molar-refractivity contribution in [1.82, 2.24) is 19.1 Å². The number of hydrogen-bond acceptors (Lipinski definition) is 4. The number of hydrogen-bond donors (Lipinski definition) is 0. The summed E-state index contributed by atoms with van der Waals surface area (Å²) >= 11 is 0. The number of pyridine rings is 1. The van der Waals surface area contributed by atoms with Gasteiger partial charge in [-0.25, -0.2) is 12.7 Å². The molecule has 1 fully saturated rings. The van der Waals surface area contributed by atoms with Crippen molar-refractivity contribution in [2.24, 2.45) is 13.0 Å². The third-order valence-corrected chi connectivity index (χ3v) is 5.65. The maximum Gasteiger partial charge on any atom is 0.211 e. The molecular weight excluding hydrogens is 312 g/mol. The molecule has 1 aliphatic rings. The number of aromatic nitrogens is 3. The summed E-state index contributed by atoms with van der Waals surface area (Å²) in [6.45, 7) is 1.26. The van der Waals surface area contributed by atoms with E-state index < -0.39 is 10.0 Å². The highest BCUT2D eigenvalue weighted by molar-refractivity contribution is 7.88. The molecular formula is C16H22N4O2S. The Kier molecular flexibility index (Phi) is 4.50. The Labute approximate surface area is 137 Å².